The van der Waals surface area contributed by atoms with E-state index in [0.717, 1.165) is 12.8 Å². The molecule has 0 radical (unpaired) electrons. The first-order valence-corrected chi connectivity index (χ1v) is 6.10. The molecule has 18 heavy (non-hydrogen) atoms. The lowest BCUT2D eigenvalue weighted by molar-refractivity contribution is 0.356. The second kappa shape index (κ2) is 5.31. The molecule has 0 amide bonds. The van der Waals surface area contributed by atoms with Gasteiger partial charge in [-0.3, -0.25) is 0 Å². The van der Waals surface area contributed by atoms with Gasteiger partial charge in [0.05, 0.1) is 6.04 Å². The molecule has 0 spiro atoms. The van der Waals surface area contributed by atoms with Crippen LogP contribution in [-0.4, -0.2) is 5.16 Å². The van der Waals surface area contributed by atoms with Crippen LogP contribution in [0.1, 0.15) is 37.1 Å². The zero-order chi connectivity index (χ0) is 13.1. The molecule has 0 saturated carbocycles. The van der Waals surface area contributed by atoms with E-state index in [2.05, 4.69) is 12.1 Å². The summed E-state index contributed by atoms with van der Waals surface area (Å²) in [6, 6.07) is 6.65. The largest absolute Gasteiger partial charge is 0.359 e. The standard InChI is InChI=1S/C14H17FN2O/c1-3-4-12(16)14-8-13(17-18-14)10-6-5-9(2)11(15)7-10/h5-8,12H,3-4,16H2,1-2H3. The molecular formula is C14H17FN2O. The van der Waals surface area contributed by atoms with Crippen molar-refractivity contribution in [2.24, 2.45) is 5.73 Å². The number of hydrogen-bond acceptors (Lipinski definition) is 3. The van der Waals surface area contributed by atoms with Crippen LogP contribution in [-0.2, 0) is 0 Å². The molecule has 0 aliphatic heterocycles. The Labute approximate surface area is 106 Å². The third-order valence-electron chi connectivity index (χ3n) is 2.96. The normalized spacial score (nSPS) is 12.7. The fourth-order valence-corrected chi connectivity index (χ4v) is 1.81. The Kier molecular flexibility index (Phi) is 3.77. The van der Waals surface area contributed by atoms with Crippen LogP contribution in [0.4, 0.5) is 4.39 Å². The highest BCUT2D eigenvalue weighted by Crippen LogP contribution is 2.24. The van der Waals surface area contributed by atoms with E-state index in [9.17, 15) is 4.39 Å². The first-order chi connectivity index (χ1) is 8.61. The van der Waals surface area contributed by atoms with Crippen molar-refractivity contribution in [3.05, 3.63) is 41.4 Å². The number of aryl methyl sites for hydroxylation is 1. The molecule has 1 aromatic carbocycles. The number of hydrogen-bond donors (Lipinski definition) is 1. The average molecular weight is 248 g/mol. The lowest BCUT2D eigenvalue weighted by Crippen LogP contribution is -2.08. The van der Waals surface area contributed by atoms with Gasteiger partial charge in [0.25, 0.3) is 0 Å². The van der Waals surface area contributed by atoms with Gasteiger partial charge in [-0.1, -0.05) is 30.6 Å². The van der Waals surface area contributed by atoms with Crippen LogP contribution in [0.25, 0.3) is 11.3 Å². The predicted molar refractivity (Wildman–Crippen MR) is 68.5 cm³/mol. The third kappa shape index (κ3) is 2.59. The van der Waals surface area contributed by atoms with Crippen LogP contribution in [0.3, 0.4) is 0 Å². The first kappa shape index (κ1) is 12.8. The topological polar surface area (TPSA) is 52.0 Å². The van der Waals surface area contributed by atoms with Gasteiger partial charge in [-0.25, -0.2) is 4.39 Å². The Morgan fingerprint density at radius 2 is 2.17 bits per heavy atom. The summed E-state index contributed by atoms with van der Waals surface area (Å²) in [5, 5.41) is 3.94. The van der Waals surface area contributed by atoms with Crippen molar-refractivity contribution in [3.8, 4) is 11.3 Å². The lowest BCUT2D eigenvalue weighted by Gasteiger charge is -2.03. The molecular weight excluding hydrogens is 231 g/mol. The highest BCUT2D eigenvalue weighted by molar-refractivity contribution is 5.59. The fourth-order valence-electron chi connectivity index (χ4n) is 1.81. The summed E-state index contributed by atoms with van der Waals surface area (Å²) in [5.41, 5.74) is 7.89. The predicted octanol–water partition coefficient (Wildman–Crippen LogP) is 3.59. The maximum atomic E-state index is 13.5. The Bertz CT molecular complexity index is 536. The first-order valence-electron chi connectivity index (χ1n) is 6.10. The van der Waals surface area contributed by atoms with Crippen LogP contribution in [0.5, 0.6) is 0 Å². The molecule has 1 unspecified atom stereocenters. The molecule has 0 fully saturated rings. The van der Waals surface area contributed by atoms with Crippen LogP contribution in [0.15, 0.2) is 28.8 Å². The van der Waals surface area contributed by atoms with Gasteiger partial charge in [-0.05, 0) is 25.0 Å². The van der Waals surface area contributed by atoms with Gasteiger partial charge in [0.1, 0.15) is 11.5 Å². The second-order valence-corrected chi connectivity index (χ2v) is 4.47. The second-order valence-electron chi connectivity index (χ2n) is 4.47. The molecule has 0 aliphatic carbocycles. The number of rotatable bonds is 4. The minimum Gasteiger partial charge on any atom is -0.359 e. The summed E-state index contributed by atoms with van der Waals surface area (Å²) in [7, 11) is 0. The molecule has 2 aromatic rings. The molecule has 1 heterocycles. The molecule has 96 valence electrons. The summed E-state index contributed by atoms with van der Waals surface area (Å²) >= 11 is 0. The molecule has 0 aliphatic rings. The third-order valence-corrected chi connectivity index (χ3v) is 2.96. The SMILES string of the molecule is CCCC(N)c1cc(-c2ccc(C)c(F)c2)no1. The van der Waals surface area contributed by atoms with Gasteiger partial charge in [-0.15, -0.1) is 0 Å². The zero-order valence-electron chi connectivity index (χ0n) is 10.6. The van der Waals surface area contributed by atoms with Crippen molar-refractivity contribution >= 4 is 0 Å². The van der Waals surface area contributed by atoms with Gasteiger partial charge >= 0.3 is 0 Å². The van der Waals surface area contributed by atoms with Crippen molar-refractivity contribution < 1.29 is 8.91 Å². The summed E-state index contributed by atoms with van der Waals surface area (Å²) in [6.07, 6.45) is 1.83. The number of nitrogens with two attached hydrogens (primary N) is 1. The Balaban J connectivity index is 2.26. The van der Waals surface area contributed by atoms with E-state index in [4.69, 9.17) is 10.3 Å². The van der Waals surface area contributed by atoms with Crippen LogP contribution >= 0.6 is 0 Å². The van der Waals surface area contributed by atoms with Crippen molar-refractivity contribution in [3.63, 3.8) is 0 Å². The molecule has 4 heteroatoms. The van der Waals surface area contributed by atoms with E-state index in [-0.39, 0.29) is 11.9 Å². The minimum atomic E-state index is -0.241. The van der Waals surface area contributed by atoms with Gasteiger partial charge in [0, 0.05) is 11.6 Å². The molecule has 1 atom stereocenters. The Hall–Kier alpha value is -1.68. The summed E-state index contributed by atoms with van der Waals surface area (Å²) < 4.78 is 18.7. The maximum Gasteiger partial charge on any atom is 0.154 e. The number of nitrogens with zero attached hydrogens (tertiary/aromatic N) is 1. The minimum absolute atomic E-state index is 0.147. The highest BCUT2D eigenvalue weighted by Gasteiger charge is 2.13. The Morgan fingerprint density at radius 1 is 1.39 bits per heavy atom. The monoisotopic (exact) mass is 248 g/mol. The maximum absolute atomic E-state index is 13.5. The van der Waals surface area contributed by atoms with Crippen LogP contribution in [0.2, 0.25) is 0 Å². The zero-order valence-corrected chi connectivity index (χ0v) is 10.6. The highest BCUT2D eigenvalue weighted by atomic mass is 19.1. The molecule has 2 rings (SSSR count). The van der Waals surface area contributed by atoms with Crippen LogP contribution < -0.4 is 5.73 Å². The fraction of sp³-hybridized carbons (Fsp3) is 0.357. The average Bonchev–Trinajstić information content (AvgIpc) is 2.82. The Morgan fingerprint density at radius 3 is 2.83 bits per heavy atom. The number of aromatic nitrogens is 1. The molecule has 0 saturated heterocycles. The smallest absolute Gasteiger partial charge is 0.154 e. The van der Waals surface area contributed by atoms with Crippen molar-refractivity contribution in [2.75, 3.05) is 0 Å². The van der Waals surface area contributed by atoms with Crippen molar-refractivity contribution in [2.45, 2.75) is 32.7 Å². The molecule has 0 bridgehead atoms. The van der Waals surface area contributed by atoms with E-state index >= 15 is 0 Å². The summed E-state index contributed by atoms with van der Waals surface area (Å²) in [6.45, 7) is 3.79. The van der Waals surface area contributed by atoms with Gasteiger partial charge in [0.2, 0.25) is 0 Å². The van der Waals surface area contributed by atoms with Crippen molar-refractivity contribution in [1.29, 1.82) is 0 Å². The summed E-state index contributed by atoms with van der Waals surface area (Å²) in [5.74, 6) is 0.405. The number of halogens is 1. The number of benzene rings is 1. The van der Waals surface area contributed by atoms with E-state index < -0.39 is 0 Å². The van der Waals surface area contributed by atoms with E-state index in [1.165, 1.54) is 6.07 Å². The molecule has 2 N–H and O–H groups in total. The van der Waals surface area contributed by atoms with Gasteiger partial charge in [-0.2, -0.15) is 0 Å². The lowest BCUT2D eigenvalue weighted by atomic mass is 10.1. The summed E-state index contributed by atoms with van der Waals surface area (Å²) in [4.78, 5) is 0. The van der Waals surface area contributed by atoms with E-state index in [1.807, 2.05) is 6.07 Å². The quantitative estimate of drug-likeness (QED) is 0.899. The van der Waals surface area contributed by atoms with Crippen LogP contribution in [0, 0.1) is 12.7 Å². The van der Waals surface area contributed by atoms with E-state index in [1.54, 1.807) is 19.1 Å². The van der Waals surface area contributed by atoms with Gasteiger partial charge in [0.15, 0.2) is 5.76 Å². The van der Waals surface area contributed by atoms with Crippen molar-refractivity contribution in [1.82, 2.24) is 5.16 Å². The van der Waals surface area contributed by atoms with Gasteiger partial charge < -0.3 is 10.3 Å². The molecule has 1 aromatic heterocycles. The van der Waals surface area contributed by atoms with E-state index in [0.29, 0.717) is 22.6 Å². The molecule has 3 nitrogen and oxygen atoms in total.